The van der Waals surface area contributed by atoms with Crippen molar-refractivity contribution < 1.29 is 44.2 Å². The maximum Gasteiger partial charge on any atom is 0.274 e. The van der Waals surface area contributed by atoms with Crippen molar-refractivity contribution in [1.82, 2.24) is 0 Å². The third kappa shape index (κ3) is 2.68. The van der Waals surface area contributed by atoms with Gasteiger partial charge in [0.2, 0.25) is 17.3 Å². The van der Waals surface area contributed by atoms with Crippen LogP contribution in [0.5, 0.6) is 34.5 Å². The number of Topliss-reactive ketones (excluding diaryl/α,β-unsaturated/α-hetero) is 1. The topological polar surface area (TPSA) is 135 Å². The van der Waals surface area contributed by atoms with E-state index < -0.39 is 34.9 Å². The van der Waals surface area contributed by atoms with Gasteiger partial charge in [0.05, 0.1) is 19.8 Å². The van der Waals surface area contributed by atoms with Crippen LogP contribution in [0.25, 0.3) is 0 Å². The molecule has 2 unspecified atom stereocenters. The van der Waals surface area contributed by atoms with Crippen LogP contribution in [0.3, 0.4) is 0 Å². The van der Waals surface area contributed by atoms with Crippen LogP contribution in [-0.2, 0) is 4.74 Å². The average Bonchev–Trinajstić information content (AvgIpc) is 2.69. The highest BCUT2D eigenvalue weighted by atomic mass is 16.7. The molecule has 0 aromatic heterocycles. The van der Waals surface area contributed by atoms with Gasteiger partial charge in [-0.3, -0.25) is 4.79 Å². The predicted molar refractivity (Wildman–Crippen MR) is 90.6 cm³/mol. The van der Waals surface area contributed by atoms with Crippen LogP contribution >= 0.6 is 0 Å². The van der Waals surface area contributed by atoms with Crippen molar-refractivity contribution in [3.63, 3.8) is 0 Å². The number of carbonyl (C=O) groups is 1. The first-order valence-electron chi connectivity index (χ1n) is 7.77. The number of hydrogen-bond acceptors (Lipinski definition) is 9. The van der Waals surface area contributed by atoms with Crippen LogP contribution in [0.2, 0.25) is 0 Å². The zero-order valence-electron chi connectivity index (χ0n) is 14.7. The second-order valence-electron chi connectivity index (χ2n) is 5.80. The van der Waals surface area contributed by atoms with E-state index in [9.17, 15) is 25.2 Å². The van der Waals surface area contributed by atoms with Gasteiger partial charge < -0.3 is 39.4 Å². The highest BCUT2D eigenvalue weighted by Gasteiger charge is 2.53. The second-order valence-corrected chi connectivity index (χ2v) is 5.80. The number of phenolic OH excluding ortho intramolecular Hbond substituents is 3. The Morgan fingerprint density at radius 3 is 2.30 bits per heavy atom. The van der Waals surface area contributed by atoms with Crippen LogP contribution in [0.15, 0.2) is 24.3 Å². The smallest absolute Gasteiger partial charge is 0.274 e. The van der Waals surface area contributed by atoms with Crippen molar-refractivity contribution in [2.75, 3.05) is 21.3 Å². The fourth-order valence-corrected chi connectivity index (χ4v) is 2.91. The number of phenols is 3. The van der Waals surface area contributed by atoms with E-state index in [0.29, 0.717) is 5.75 Å². The Labute approximate surface area is 153 Å². The van der Waals surface area contributed by atoms with E-state index in [1.54, 1.807) is 6.07 Å². The quantitative estimate of drug-likeness (QED) is 0.461. The molecule has 0 saturated heterocycles. The summed E-state index contributed by atoms with van der Waals surface area (Å²) in [5, 5.41) is 40.9. The van der Waals surface area contributed by atoms with E-state index in [2.05, 4.69) is 0 Å². The Balaban J connectivity index is 2.21. The molecule has 0 fully saturated rings. The molecule has 4 N–H and O–H groups in total. The summed E-state index contributed by atoms with van der Waals surface area (Å²) >= 11 is 0. The standard InChI is InChI=1S/C18H18O9/c1-24-8-4-5-11-9(6-8)16(22)18(23,26-3)17(27-11)10-7-12(25-2)14(20)15(21)13(10)19/h4-7,17,19-21,23H,1-3H3. The molecule has 27 heavy (non-hydrogen) atoms. The highest BCUT2D eigenvalue weighted by Crippen LogP contribution is 2.51. The highest BCUT2D eigenvalue weighted by molar-refractivity contribution is 6.05. The molecule has 9 nitrogen and oxygen atoms in total. The lowest BCUT2D eigenvalue weighted by atomic mass is 9.89. The number of ether oxygens (including phenoxy) is 4. The van der Waals surface area contributed by atoms with Crippen molar-refractivity contribution in [2.45, 2.75) is 11.9 Å². The van der Waals surface area contributed by atoms with Gasteiger partial charge in [0.25, 0.3) is 5.79 Å². The maximum atomic E-state index is 12.9. The first-order chi connectivity index (χ1) is 12.8. The lowest BCUT2D eigenvalue weighted by Gasteiger charge is -2.38. The largest absolute Gasteiger partial charge is 0.504 e. The molecular formula is C18H18O9. The molecule has 0 aliphatic carbocycles. The van der Waals surface area contributed by atoms with Gasteiger partial charge in [-0.15, -0.1) is 0 Å². The second kappa shape index (κ2) is 6.53. The molecule has 9 heteroatoms. The molecule has 1 heterocycles. The Morgan fingerprint density at radius 1 is 1.00 bits per heavy atom. The van der Waals surface area contributed by atoms with Crippen molar-refractivity contribution in [3.8, 4) is 34.5 Å². The van der Waals surface area contributed by atoms with Crippen LogP contribution < -0.4 is 14.2 Å². The Hall–Kier alpha value is -3.17. The normalized spacial score (nSPS) is 21.3. The Morgan fingerprint density at radius 2 is 1.70 bits per heavy atom. The summed E-state index contributed by atoms with van der Waals surface area (Å²) in [6.07, 6.45) is -1.56. The van der Waals surface area contributed by atoms with Gasteiger partial charge in [-0.2, -0.15) is 0 Å². The summed E-state index contributed by atoms with van der Waals surface area (Å²) < 4.78 is 20.8. The minimum atomic E-state index is -2.52. The number of aliphatic hydroxyl groups is 1. The van der Waals surface area contributed by atoms with Gasteiger partial charge in [-0.1, -0.05) is 0 Å². The molecule has 2 atom stereocenters. The third-order valence-electron chi connectivity index (χ3n) is 4.41. The first-order valence-corrected chi connectivity index (χ1v) is 7.77. The molecule has 3 rings (SSSR count). The summed E-state index contributed by atoms with van der Waals surface area (Å²) in [4.78, 5) is 12.9. The van der Waals surface area contributed by atoms with Crippen molar-refractivity contribution in [2.24, 2.45) is 0 Å². The molecule has 0 amide bonds. The van der Waals surface area contributed by atoms with E-state index in [1.165, 1.54) is 26.4 Å². The van der Waals surface area contributed by atoms with Crippen LogP contribution in [0, 0.1) is 0 Å². The van der Waals surface area contributed by atoms with E-state index in [4.69, 9.17) is 18.9 Å². The number of methoxy groups -OCH3 is 3. The summed E-state index contributed by atoms with van der Waals surface area (Å²) in [5.74, 6) is -5.46. The number of hydrogen-bond donors (Lipinski definition) is 4. The summed E-state index contributed by atoms with van der Waals surface area (Å²) in [6.45, 7) is 0. The van der Waals surface area contributed by atoms with Gasteiger partial charge >= 0.3 is 0 Å². The van der Waals surface area contributed by atoms with Gasteiger partial charge in [0.1, 0.15) is 11.5 Å². The fourth-order valence-electron chi connectivity index (χ4n) is 2.91. The summed E-state index contributed by atoms with van der Waals surface area (Å²) in [6, 6.07) is 5.52. The first kappa shape index (κ1) is 18.6. The Bertz CT molecular complexity index is 908. The van der Waals surface area contributed by atoms with E-state index >= 15 is 0 Å². The zero-order valence-corrected chi connectivity index (χ0v) is 14.7. The number of rotatable bonds is 4. The molecule has 1 aliphatic rings. The van der Waals surface area contributed by atoms with Crippen LogP contribution in [-0.4, -0.2) is 53.3 Å². The molecule has 2 aromatic carbocycles. The molecule has 144 valence electrons. The number of aromatic hydroxyl groups is 3. The zero-order chi connectivity index (χ0) is 19.9. The number of fused-ring (bicyclic) bond motifs is 1. The number of ketones is 1. The fraction of sp³-hybridized carbons (Fsp3) is 0.278. The molecule has 0 radical (unpaired) electrons. The third-order valence-corrected chi connectivity index (χ3v) is 4.41. The molecule has 0 bridgehead atoms. The minimum Gasteiger partial charge on any atom is -0.504 e. The maximum absolute atomic E-state index is 12.9. The van der Waals surface area contributed by atoms with Crippen LogP contribution in [0.4, 0.5) is 0 Å². The number of benzene rings is 2. The molecule has 2 aromatic rings. The monoisotopic (exact) mass is 378 g/mol. The molecule has 1 aliphatic heterocycles. The SMILES string of the molecule is COc1ccc2c(c1)C(=O)C(O)(OC)C(c1cc(OC)c(O)c(O)c1O)O2. The average molecular weight is 378 g/mol. The van der Waals surface area contributed by atoms with Gasteiger partial charge in [-0.25, -0.2) is 0 Å². The molecule has 0 saturated carbocycles. The summed E-state index contributed by atoms with van der Waals surface area (Å²) in [7, 11) is 3.74. The van der Waals surface area contributed by atoms with Crippen molar-refractivity contribution in [1.29, 1.82) is 0 Å². The van der Waals surface area contributed by atoms with E-state index in [1.807, 2.05) is 0 Å². The molecular weight excluding hydrogens is 360 g/mol. The summed E-state index contributed by atoms with van der Waals surface area (Å²) in [5.41, 5.74) is -0.203. The van der Waals surface area contributed by atoms with Crippen LogP contribution in [0.1, 0.15) is 22.0 Å². The van der Waals surface area contributed by atoms with Gasteiger partial charge in [0.15, 0.2) is 17.6 Å². The minimum absolute atomic E-state index is 0.0180. The Kier molecular flexibility index (Phi) is 4.50. The van der Waals surface area contributed by atoms with E-state index in [-0.39, 0.29) is 22.6 Å². The van der Waals surface area contributed by atoms with Gasteiger partial charge in [-0.05, 0) is 24.3 Å². The van der Waals surface area contributed by atoms with Crippen molar-refractivity contribution >= 4 is 5.78 Å². The predicted octanol–water partition coefficient (Wildman–Crippen LogP) is 1.47. The van der Waals surface area contributed by atoms with Gasteiger partial charge in [0, 0.05) is 12.7 Å². The van der Waals surface area contributed by atoms with Crippen molar-refractivity contribution in [3.05, 3.63) is 35.4 Å². The molecule has 0 spiro atoms. The lowest BCUT2D eigenvalue weighted by molar-refractivity contribution is -0.205. The number of carbonyl (C=O) groups excluding carboxylic acids is 1. The van der Waals surface area contributed by atoms with E-state index in [0.717, 1.165) is 13.2 Å². The lowest BCUT2D eigenvalue weighted by Crippen LogP contribution is -2.51.